The summed E-state index contributed by atoms with van der Waals surface area (Å²) < 4.78 is 5.09. The topological polar surface area (TPSA) is 21.3 Å². The summed E-state index contributed by atoms with van der Waals surface area (Å²) in [5, 5.41) is 3.57. The smallest absolute Gasteiger partial charge is 0.0885 e. The van der Waals surface area contributed by atoms with Crippen molar-refractivity contribution < 1.29 is 4.74 Å². The lowest BCUT2D eigenvalue weighted by Gasteiger charge is -2.36. The fraction of sp³-hybridized carbons (Fsp3) is 0.500. The van der Waals surface area contributed by atoms with Crippen molar-refractivity contribution in [3.63, 3.8) is 0 Å². The van der Waals surface area contributed by atoms with Crippen LogP contribution in [0.4, 0.5) is 0 Å². The predicted octanol–water partition coefficient (Wildman–Crippen LogP) is 3.38. The van der Waals surface area contributed by atoms with E-state index < -0.39 is 0 Å². The Morgan fingerprint density at radius 1 is 1.33 bits per heavy atom. The summed E-state index contributed by atoms with van der Waals surface area (Å²) in [5.74, 6) is 0.757. The summed E-state index contributed by atoms with van der Waals surface area (Å²) in [6.07, 6.45) is 5.10. The molecular formula is C16H23NO. The number of aryl methyl sites for hydroxylation is 1. The molecule has 18 heavy (non-hydrogen) atoms. The van der Waals surface area contributed by atoms with Gasteiger partial charge in [0.1, 0.15) is 0 Å². The van der Waals surface area contributed by atoms with Crippen molar-refractivity contribution >= 4 is 0 Å². The number of nitrogens with one attached hydrogen (secondary N) is 1. The molecule has 0 amide bonds. The molecule has 98 valence electrons. The Bertz CT molecular complexity index is 365. The number of hydrogen-bond acceptors (Lipinski definition) is 2. The van der Waals surface area contributed by atoms with E-state index in [1.165, 1.54) is 30.2 Å². The van der Waals surface area contributed by atoms with E-state index in [-0.39, 0.29) is 0 Å². The minimum atomic E-state index is 0.694. The summed E-state index contributed by atoms with van der Waals surface area (Å²) in [6.45, 7) is 7.48. The van der Waals surface area contributed by atoms with Gasteiger partial charge in [0.2, 0.25) is 0 Å². The number of ether oxygens (including phenoxy) is 1. The minimum Gasteiger partial charge on any atom is -0.502 e. The molecule has 0 saturated heterocycles. The fourth-order valence-electron chi connectivity index (χ4n) is 2.44. The Morgan fingerprint density at radius 3 is 2.72 bits per heavy atom. The molecule has 0 spiro atoms. The lowest BCUT2D eigenvalue weighted by Crippen LogP contribution is -2.40. The van der Waals surface area contributed by atoms with Gasteiger partial charge in [-0.2, -0.15) is 0 Å². The van der Waals surface area contributed by atoms with Crippen molar-refractivity contribution in [3.05, 3.63) is 48.2 Å². The third kappa shape index (κ3) is 3.61. The normalized spacial score (nSPS) is 22.3. The molecule has 0 heterocycles. The Hall–Kier alpha value is -1.28. The first-order valence-electron chi connectivity index (χ1n) is 6.82. The molecule has 1 N–H and O–H groups in total. The van der Waals surface area contributed by atoms with E-state index >= 15 is 0 Å². The molecule has 0 aliphatic heterocycles. The summed E-state index contributed by atoms with van der Waals surface area (Å²) in [5.41, 5.74) is 2.84. The minimum absolute atomic E-state index is 0.694. The van der Waals surface area contributed by atoms with Gasteiger partial charge in [-0.05, 0) is 44.2 Å². The highest BCUT2D eigenvalue weighted by atomic mass is 16.5. The molecule has 0 atom stereocenters. The van der Waals surface area contributed by atoms with Crippen LogP contribution in [0.3, 0.4) is 0 Å². The summed E-state index contributed by atoms with van der Waals surface area (Å²) in [6, 6.07) is 9.66. The van der Waals surface area contributed by atoms with Crippen LogP contribution >= 0.6 is 0 Å². The molecule has 0 unspecified atom stereocenters. The molecule has 0 bridgehead atoms. The monoisotopic (exact) mass is 245 g/mol. The maximum Gasteiger partial charge on any atom is 0.0885 e. The van der Waals surface area contributed by atoms with Gasteiger partial charge in [0, 0.05) is 6.04 Å². The second-order valence-electron chi connectivity index (χ2n) is 5.12. The van der Waals surface area contributed by atoms with Crippen LogP contribution in [0, 0.1) is 6.92 Å². The molecule has 1 aromatic rings. The van der Waals surface area contributed by atoms with E-state index in [1.54, 1.807) is 0 Å². The van der Waals surface area contributed by atoms with Crippen LogP contribution in [-0.4, -0.2) is 19.2 Å². The Balaban J connectivity index is 1.62. The van der Waals surface area contributed by atoms with Gasteiger partial charge in [0.25, 0.3) is 0 Å². The largest absolute Gasteiger partial charge is 0.502 e. The average Bonchev–Trinajstić information content (AvgIpc) is 2.33. The Kier molecular flexibility index (Phi) is 4.82. The molecule has 2 heteroatoms. The average molecular weight is 245 g/mol. The highest BCUT2D eigenvalue weighted by molar-refractivity contribution is 5.26. The van der Waals surface area contributed by atoms with Crippen molar-refractivity contribution in [1.82, 2.24) is 5.32 Å². The van der Waals surface area contributed by atoms with Crippen LogP contribution in [0.1, 0.15) is 36.3 Å². The third-order valence-electron chi connectivity index (χ3n) is 3.68. The number of rotatable bonds is 7. The van der Waals surface area contributed by atoms with Crippen LogP contribution in [0.25, 0.3) is 0 Å². The first-order chi connectivity index (χ1) is 8.79. The Labute approximate surface area is 110 Å². The lowest BCUT2D eigenvalue weighted by atomic mass is 9.76. The maximum atomic E-state index is 5.09. The van der Waals surface area contributed by atoms with E-state index in [0.717, 1.165) is 25.5 Å². The molecule has 2 nitrogen and oxygen atoms in total. The zero-order chi connectivity index (χ0) is 12.8. The number of hydrogen-bond donors (Lipinski definition) is 1. The quantitative estimate of drug-likeness (QED) is 0.587. The van der Waals surface area contributed by atoms with E-state index in [0.29, 0.717) is 6.04 Å². The van der Waals surface area contributed by atoms with Crippen molar-refractivity contribution in [1.29, 1.82) is 0 Å². The molecule has 1 saturated carbocycles. The van der Waals surface area contributed by atoms with Crippen molar-refractivity contribution in [3.8, 4) is 0 Å². The van der Waals surface area contributed by atoms with E-state index in [4.69, 9.17) is 4.74 Å². The van der Waals surface area contributed by atoms with E-state index in [1.807, 2.05) is 0 Å². The van der Waals surface area contributed by atoms with Gasteiger partial charge in [-0.25, -0.2) is 0 Å². The standard InChI is InChI=1S/C16H23NO/c1-3-18-10-4-9-17-16-11-15(12-16)14-7-5-13(2)6-8-14/h3,5-8,15-17H,1,4,9-12H2,2H3. The third-order valence-corrected chi connectivity index (χ3v) is 3.68. The first-order valence-corrected chi connectivity index (χ1v) is 6.82. The van der Waals surface area contributed by atoms with Crippen LogP contribution in [0.5, 0.6) is 0 Å². The van der Waals surface area contributed by atoms with Gasteiger partial charge in [-0.1, -0.05) is 36.4 Å². The second-order valence-corrected chi connectivity index (χ2v) is 5.12. The van der Waals surface area contributed by atoms with Crippen LogP contribution in [-0.2, 0) is 4.74 Å². The molecule has 1 aromatic carbocycles. The van der Waals surface area contributed by atoms with Crippen LogP contribution in [0.15, 0.2) is 37.1 Å². The van der Waals surface area contributed by atoms with Crippen molar-refractivity contribution in [2.24, 2.45) is 0 Å². The van der Waals surface area contributed by atoms with Gasteiger partial charge in [0.05, 0.1) is 12.9 Å². The second kappa shape index (κ2) is 6.60. The summed E-state index contributed by atoms with van der Waals surface area (Å²) in [7, 11) is 0. The molecule has 1 aliphatic rings. The zero-order valence-corrected chi connectivity index (χ0v) is 11.2. The van der Waals surface area contributed by atoms with Gasteiger partial charge in [-0.15, -0.1) is 0 Å². The van der Waals surface area contributed by atoms with Crippen molar-refractivity contribution in [2.75, 3.05) is 13.2 Å². The van der Waals surface area contributed by atoms with Gasteiger partial charge in [0.15, 0.2) is 0 Å². The highest BCUT2D eigenvalue weighted by Crippen LogP contribution is 2.36. The van der Waals surface area contributed by atoms with Gasteiger partial charge in [-0.3, -0.25) is 0 Å². The van der Waals surface area contributed by atoms with E-state index in [2.05, 4.69) is 43.1 Å². The van der Waals surface area contributed by atoms with Crippen LogP contribution < -0.4 is 5.32 Å². The fourth-order valence-corrected chi connectivity index (χ4v) is 2.44. The molecule has 1 aliphatic carbocycles. The SMILES string of the molecule is C=COCCCNC1CC(c2ccc(C)cc2)C1. The summed E-state index contributed by atoms with van der Waals surface area (Å²) >= 11 is 0. The first kappa shape index (κ1) is 13.2. The zero-order valence-electron chi connectivity index (χ0n) is 11.2. The van der Waals surface area contributed by atoms with Gasteiger partial charge < -0.3 is 10.1 Å². The van der Waals surface area contributed by atoms with E-state index in [9.17, 15) is 0 Å². The molecule has 0 aromatic heterocycles. The van der Waals surface area contributed by atoms with Gasteiger partial charge >= 0.3 is 0 Å². The molecule has 1 fully saturated rings. The molecular weight excluding hydrogens is 222 g/mol. The number of benzene rings is 1. The molecule has 0 radical (unpaired) electrons. The Morgan fingerprint density at radius 2 is 2.06 bits per heavy atom. The molecule has 2 rings (SSSR count). The van der Waals surface area contributed by atoms with Crippen molar-refractivity contribution in [2.45, 2.75) is 38.1 Å². The summed E-state index contributed by atoms with van der Waals surface area (Å²) in [4.78, 5) is 0. The highest BCUT2D eigenvalue weighted by Gasteiger charge is 2.29. The predicted molar refractivity (Wildman–Crippen MR) is 75.7 cm³/mol. The maximum absolute atomic E-state index is 5.09. The van der Waals surface area contributed by atoms with Crippen LogP contribution in [0.2, 0.25) is 0 Å². The lowest BCUT2D eigenvalue weighted by molar-refractivity contribution is 0.232.